The first-order valence-corrected chi connectivity index (χ1v) is 7.96. The van der Waals surface area contributed by atoms with Gasteiger partial charge in [0.05, 0.1) is 5.92 Å². The van der Waals surface area contributed by atoms with E-state index in [1.807, 2.05) is 62.6 Å². The van der Waals surface area contributed by atoms with Crippen LogP contribution in [0.2, 0.25) is 0 Å². The van der Waals surface area contributed by atoms with Gasteiger partial charge in [-0.25, -0.2) is 0 Å². The second-order valence-corrected chi connectivity index (χ2v) is 6.32. The second-order valence-electron chi connectivity index (χ2n) is 6.32. The maximum absolute atomic E-state index is 12.6. The van der Waals surface area contributed by atoms with E-state index in [9.17, 15) is 9.59 Å². The Balaban J connectivity index is 1.74. The van der Waals surface area contributed by atoms with Gasteiger partial charge in [0.25, 0.3) is 0 Å². The first-order chi connectivity index (χ1) is 11.5. The van der Waals surface area contributed by atoms with Crippen LogP contribution in [0.5, 0.6) is 0 Å². The van der Waals surface area contributed by atoms with Crippen molar-refractivity contribution >= 4 is 23.2 Å². The second kappa shape index (κ2) is 6.84. The van der Waals surface area contributed by atoms with Gasteiger partial charge in [0.15, 0.2) is 0 Å². The molecule has 2 amide bonds. The third kappa shape index (κ3) is 3.63. The van der Waals surface area contributed by atoms with E-state index >= 15 is 0 Å². The summed E-state index contributed by atoms with van der Waals surface area (Å²) in [5.41, 5.74) is 3.50. The van der Waals surface area contributed by atoms with Crippen molar-refractivity contribution < 1.29 is 9.59 Å². The first-order valence-electron chi connectivity index (χ1n) is 7.96. The van der Waals surface area contributed by atoms with Crippen LogP contribution in [0.3, 0.4) is 0 Å². The van der Waals surface area contributed by atoms with E-state index < -0.39 is 5.92 Å². The van der Waals surface area contributed by atoms with Crippen LogP contribution in [0.15, 0.2) is 48.5 Å². The molecule has 2 N–H and O–H groups in total. The number of carbonyl (C=O) groups is 2. The number of rotatable bonds is 4. The predicted octanol–water partition coefficient (Wildman–Crippen LogP) is 2.81. The molecule has 2 aromatic carbocycles. The van der Waals surface area contributed by atoms with E-state index in [0.717, 1.165) is 23.5 Å². The molecule has 3 rings (SSSR count). The van der Waals surface area contributed by atoms with Gasteiger partial charge in [-0.2, -0.15) is 0 Å². The van der Waals surface area contributed by atoms with Crippen molar-refractivity contribution in [3.8, 4) is 0 Å². The Kier molecular flexibility index (Phi) is 4.62. The zero-order valence-electron chi connectivity index (χ0n) is 13.9. The van der Waals surface area contributed by atoms with Crippen molar-refractivity contribution in [2.45, 2.75) is 18.9 Å². The molecule has 0 spiro atoms. The number of hydrogen-bond donors (Lipinski definition) is 2. The highest BCUT2D eigenvalue weighted by Crippen LogP contribution is 2.32. The molecule has 5 heteroatoms. The number of nitrogens with zero attached hydrogens (tertiary/aromatic N) is 1. The summed E-state index contributed by atoms with van der Waals surface area (Å²) in [6.45, 7) is 0.852. The van der Waals surface area contributed by atoms with Crippen LogP contribution >= 0.6 is 0 Å². The maximum Gasteiger partial charge on any atom is 0.232 e. The minimum absolute atomic E-state index is 0.129. The van der Waals surface area contributed by atoms with Crippen LogP contribution in [-0.4, -0.2) is 30.8 Å². The van der Waals surface area contributed by atoms with E-state index in [2.05, 4.69) is 15.5 Å². The van der Waals surface area contributed by atoms with Crippen molar-refractivity contribution in [1.29, 1.82) is 0 Å². The van der Waals surface area contributed by atoms with Crippen LogP contribution in [0.4, 0.5) is 11.4 Å². The fraction of sp³-hybridized carbons (Fsp3) is 0.263. The average Bonchev–Trinajstić information content (AvgIpc) is 2.55. The van der Waals surface area contributed by atoms with Crippen molar-refractivity contribution in [2.75, 3.05) is 24.7 Å². The lowest BCUT2D eigenvalue weighted by Crippen LogP contribution is -2.30. The lowest BCUT2D eigenvalue weighted by atomic mass is 9.90. The molecule has 0 aliphatic carbocycles. The van der Waals surface area contributed by atoms with Gasteiger partial charge >= 0.3 is 0 Å². The van der Waals surface area contributed by atoms with E-state index in [0.29, 0.717) is 0 Å². The number of fused-ring (bicyclic) bond motifs is 1. The molecule has 0 aromatic heterocycles. The monoisotopic (exact) mass is 323 g/mol. The molecule has 0 radical (unpaired) electrons. The summed E-state index contributed by atoms with van der Waals surface area (Å²) in [5.74, 6) is -0.746. The summed E-state index contributed by atoms with van der Waals surface area (Å²) in [6, 6.07) is 15.2. The Hall–Kier alpha value is -2.66. The topological polar surface area (TPSA) is 61.4 Å². The van der Waals surface area contributed by atoms with Gasteiger partial charge in [-0.05, 0) is 43.4 Å². The summed E-state index contributed by atoms with van der Waals surface area (Å²) in [7, 11) is 4.03. The molecule has 1 aliphatic rings. The van der Waals surface area contributed by atoms with Gasteiger partial charge in [0.1, 0.15) is 0 Å². The summed E-state index contributed by atoms with van der Waals surface area (Å²) in [6.07, 6.45) is 0.168. The Morgan fingerprint density at radius 1 is 1.17 bits per heavy atom. The predicted molar refractivity (Wildman–Crippen MR) is 94.9 cm³/mol. The van der Waals surface area contributed by atoms with Crippen molar-refractivity contribution in [3.05, 3.63) is 59.7 Å². The number of benzene rings is 2. The number of anilines is 2. The molecule has 1 aliphatic heterocycles. The lowest BCUT2D eigenvalue weighted by Gasteiger charge is -2.24. The van der Waals surface area contributed by atoms with Gasteiger partial charge in [0, 0.05) is 24.3 Å². The van der Waals surface area contributed by atoms with Crippen LogP contribution in [-0.2, 0) is 16.1 Å². The molecule has 24 heavy (non-hydrogen) atoms. The minimum atomic E-state index is -0.462. The van der Waals surface area contributed by atoms with Gasteiger partial charge < -0.3 is 15.5 Å². The standard InChI is InChI=1S/C19H21N3O2/c1-22(2)12-13-7-9-14(10-8-13)20-19(24)16-11-18(23)21-17-6-4-3-5-15(16)17/h3-10,16H,11-12H2,1-2H3,(H,20,24)(H,21,23)/t16-/m1/s1. The largest absolute Gasteiger partial charge is 0.326 e. The Morgan fingerprint density at radius 2 is 1.88 bits per heavy atom. The molecule has 0 unspecified atom stereocenters. The molecule has 2 aromatic rings. The molecular formula is C19H21N3O2. The molecular weight excluding hydrogens is 302 g/mol. The minimum Gasteiger partial charge on any atom is -0.326 e. The van der Waals surface area contributed by atoms with Crippen LogP contribution in [0.1, 0.15) is 23.5 Å². The van der Waals surface area contributed by atoms with Gasteiger partial charge in [0.2, 0.25) is 11.8 Å². The first kappa shape index (κ1) is 16.2. The molecule has 124 valence electrons. The Morgan fingerprint density at radius 3 is 2.58 bits per heavy atom. The highest BCUT2D eigenvalue weighted by atomic mass is 16.2. The van der Waals surface area contributed by atoms with E-state index in [4.69, 9.17) is 0 Å². The van der Waals surface area contributed by atoms with E-state index in [1.54, 1.807) is 0 Å². The normalized spacial score (nSPS) is 16.5. The van der Waals surface area contributed by atoms with Crippen LogP contribution in [0, 0.1) is 0 Å². The van der Waals surface area contributed by atoms with Gasteiger partial charge in [-0.15, -0.1) is 0 Å². The number of carbonyl (C=O) groups excluding carboxylic acids is 2. The molecule has 0 saturated heterocycles. The average molecular weight is 323 g/mol. The number of nitrogens with one attached hydrogen (secondary N) is 2. The highest BCUT2D eigenvalue weighted by molar-refractivity contribution is 6.05. The Labute approximate surface area is 141 Å². The SMILES string of the molecule is CN(C)Cc1ccc(NC(=O)[C@@H]2CC(=O)Nc3ccccc32)cc1. The van der Waals surface area contributed by atoms with E-state index in [1.165, 1.54) is 5.56 Å². The third-order valence-corrected chi connectivity index (χ3v) is 4.04. The number of amides is 2. The molecule has 1 heterocycles. The third-order valence-electron chi connectivity index (χ3n) is 4.04. The van der Waals surface area contributed by atoms with Gasteiger partial charge in [-0.3, -0.25) is 9.59 Å². The van der Waals surface area contributed by atoms with Crippen molar-refractivity contribution in [2.24, 2.45) is 0 Å². The fourth-order valence-electron chi connectivity index (χ4n) is 2.93. The van der Waals surface area contributed by atoms with Crippen molar-refractivity contribution in [3.63, 3.8) is 0 Å². The zero-order valence-corrected chi connectivity index (χ0v) is 13.9. The quantitative estimate of drug-likeness (QED) is 0.909. The molecule has 0 fully saturated rings. The van der Waals surface area contributed by atoms with Crippen LogP contribution < -0.4 is 10.6 Å². The lowest BCUT2D eigenvalue weighted by molar-refractivity contribution is -0.123. The summed E-state index contributed by atoms with van der Waals surface area (Å²) in [4.78, 5) is 26.6. The number of para-hydroxylation sites is 1. The molecule has 0 bridgehead atoms. The van der Waals surface area contributed by atoms with Gasteiger partial charge in [-0.1, -0.05) is 30.3 Å². The number of hydrogen-bond acceptors (Lipinski definition) is 3. The van der Waals surface area contributed by atoms with Crippen molar-refractivity contribution in [1.82, 2.24) is 4.90 Å². The highest BCUT2D eigenvalue weighted by Gasteiger charge is 2.30. The van der Waals surface area contributed by atoms with E-state index in [-0.39, 0.29) is 18.2 Å². The fourth-order valence-corrected chi connectivity index (χ4v) is 2.93. The zero-order chi connectivity index (χ0) is 17.1. The molecule has 5 nitrogen and oxygen atoms in total. The molecule has 1 atom stereocenters. The molecule has 0 saturated carbocycles. The smallest absolute Gasteiger partial charge is 0.232 e. The van der Waals surface area contributed by atoms with Crippen LogP contribution in [0.25, 0.3) is 0 Å². The summed E-state index contributed by atoms with van der Waals surface area (Å²) >= 11 is 0. The summed E-state index contributed by atoms with van der Waals surface area (Å²) < 4.78 is 0. The maximum atomic E-state index is 12.6. The Bertz CT molecular complexity index is 753. The summed E-state index contributed by atoms with van der Waals surface area (Å²) in [5, 5.41) is 5.73.